The van der Waals surface area contributed by atoms with Crippen molar-refractivity contribution in [2.24, 2.45) is 45.5 Å². The molecule has 4 aliphatic rings. The molecule has 0 saturated heterocycles. The van der Waals surface area contributed by atoms with Crippen LogP contribution in [0.3, 0.4) is 0 Å². The van der Waals surface area contributed by atoms with Crippen molar-refractivity contribution in [3.8, 4) is 0 Å². The lowest BCUT2D eigenvalue weighted by molar-refractivity contribution is -0.116. The van der Waals surface area contributed by atoms with Crippen LogP contribution in [0.4, 0.5) is 0 Å². The Labute approximate surface area is 156 Å². The van der Waals surface area contributed by atoms with Gasteiger partial charge in [-0.15, -0.1) is 0 Å². The number of allylic oxidation sites excluding steroid dienone is 4. The molecule has 2 fully saturated rings. The highest BCUT2D eigenvalue weighted by atomic mass is 16.1. The Balaban J connectivity index is 1.63. The Morgan fingerprint density at radius 1 is 1.27 bits per heavy atom. The average Bonchev–Trinajstić information content (AvgIpc) is 2.97. The van der Waals surface area contributed by atoms with Gasteiger partial charge in [0.2, 0.25) is 0 Å². The standard InChI is InChI=1S/C22H31N3O/c1-14(13-24-25-23)18-6-7-19-17-5-4-15-12-16(26)8-10-21(15,2)20(17)9-11-22(18,19)3/h4-5,12,14,17-20H,6-11,13H2,1-3H3/t14-,17+,18-,19+,20+,21+,22-/m1/s1. The minimum absolute atomic E-state index is 0.184. The van der Waals surface area contributed by atoms with E-state index in [2.05, 4.69) is 42.9 Å². The molecule has 0 aliphatic heterocycles. The Morgan fingerprint density at radius 2 is 2.08 bits per heavy atom. The summed E-state index contributed by atoms with van der Waals surface area (Å²) < 4.78 is 0. The Hall–Kier alpha value is -1.54. The van der Waals surface area contributed by atoms with Gasteiger partial charge < -0.3 is 0 Å². The van der Waals surface area contributed by atoms with Gasteiger partial charge in [0, 0.05) is 17.9 Å². The maximum Gasteiger partial charge on any atom is 0.156 e. The van der Waals surface area contributed by atoms with Gasteiger partial charge in [0.15, 0.2) is 5.78 Å². The summed E-state index contributed by atoms with van der Waals surface area (Å²) >= 11 is 0. The minimum Gasteiger partial charge on any atom is -0.295 e. The Kier molecular flexibility index (Phi) is 4.30. The molecule has 0 bridgehead atoms. The molecule has 2 saturated carbocycles. The number of hydrogen-bond acceptors (Lipinski definition) is 2. The highest BCUT2D eigenvalue weighted by Gasteiger charge is 2.58. The van der Waals surface area contributed by atoms with E-state index in [1.54, 1.807) is 0 Å². The molecule has 26 heavy (non-hydrogen) atoms. The quantitative estimate of drug-likeness (QED) is 0.356. The minimum atomic E-state index is 0.184. The number of fused-ring (bicyclic) bond motifs is 5. The lowest BCUT2D eigenvalue weighted by Gasteiger charge is -2.56. The summed E-state index contributed by atoms with van der Waals surface area (Å²) in [7, 11) is 0. The summed E-state index contributed by atoms with van der Waals surface area (Å²) in [5.41, 5.74) is 10.5. The molecule has 4 aliphatic carbocycles. The largest absolute Gasteiger partial charge is 0.295 e. The molecule has 0 aromatic carbocycles. The van der Waals surface area contributed by atoms with E-state index in [1.807, 2.05) is 6.08 Å². The summed E-state index contributed by atoms with van der Waals surface area (Å²) in [6, 6.07) is 0. The zero-order valence-corrected chi connectivity index (χ0v) is 16.3. The van der Waals surface area contributed by atoms with Crippen LogP contribution >= 0.6 is 0 Å². The second-order valence-corrected chi connectivity index (χ2v) is 9.75. The van der Waals surface area contributed by atoms with Crippen molar-refractivity contribution in [1.82, 2.24) is 0 Å². The Bertz CT molecular complexity index is 719. The summed E-state index contributed by atoms with van der Waals surface area (Å²) in [5.74, 6) is 3.46. The van der Waals surface area contributed by atoms with Crippen molar-refractivity contribution in [2.75, 3.05) is 6.54 Å². The molecule has 0 radical (unpaired) electrons. The third-order valence-electron chi connectivity index (χ3n) is 8.71. The van der Waals surface area contributed by atoms with Crippen molar-refractivity contribution in [2.45, 2.75) is 59.3 Å². The van der Waals surface area contributed by atoms with E-state index in [0.29, 0.717) is 47.8 Å². The van der Waals surface area contributed by atoms with Crippen LogP contribution in [0.1, 0.15) is 59.3 Å². The fourth-order valence-electron chi connectivity index (χ4n) is 7.26. The Morgan fingerprint density at radius 3 is 2.85 bits per heavy atom. The molecular formula is C22H31N3O. The predicted molar refractivity (Wildman–Crippen MR) is 103 cm³/mol. The van der Waals surface area contributed by atoms with Gasteiger partial charge in [-0.25, -0.2) is 0 Å². The lowest BCUT2D eigenvalue weighted by Crippen LogP contribution is -2.49. The molecule has 4 heteroatoms. The smallest absolute Gasteiger partial charge is 0.156 e. The van der Waals surface area contributed by atoms with Gasteiger partial charge in [-0.3, -0.25) is 4.79 Å². The fourth-order valence-corrected chi connectivity index (χ4v) is 7.26. The van der Waals surface area contributed by atoms with Gasteiger partial charge >= 0.3 is 0 Å². The first-order chi connectivity index (χ1) is 12.4. The molecule has 0 aromatic rings. The molecule has 0 amide bonds. The first-order valence-corrected chi connectivity index (χ1v) is 10.3. The summed E-state index contributed by atoms with van der Waals surface area (Å²) in [4.78, 5) is 14.9. The van der Waals surface area contributed by atoms with Crippen molar-refractivity contribution in [1.29, 1.82) is 0 Å². The lowest BCUT2D eigenvalue weighted by atomic mass is 9.48. The van der Waals surface area contributed by atoms with Gasteiger partial charge in [-0.05, 0) is 89.7 Å². The first kappa shape index (κ1) is 17.9. The fraction of sp³-hybridized carbons (Fsp3) is 0.773. The summed E-state index contributed by atoms with van der Waals surface area (Å²) in [6.45, 7) is 7.81. The van der Waals surface area contributed by atoms with Crippen LogP contribution in [0.25, 0.3) is 10.4 Å². The van der Waals surface area contributed by atoms with Crippen LogP contribution in [0.2, 0.25) is 0 Å². The number of carbonyl (C=O) groups is 1. The highest BCUT2D eigenvalue weighted by molar-refractivity contribution is 5.92. The van der Waals surface area contributed by atoms with Gasteiger partial charge in [-0.1, -0.05) is 38.0 Å². The van der Waals surface area contributed by atoms with Crippen LogP contribution < -0.4 is 0 Å². The average molecular weight is 354 g/mol. The third kappa shape index (κ3) is 2.49. The summed E-state index contributed by atoms with van der Waals surface area (Å²) in [6.07, 6.45) is 13.5. The van der Waals surface area contributed by atoms with Crippen molar-refractivity contribution >= 4 is 5.78 Å². The second kappa shape index (κ2) is 6.27. The van der Waals surface area contributed by atoms with Crippen LogP contribution in [0.15, 0.2) is 28.9 Å². The zero-order chi connectivity index (χ0) is 18.5. The normalized spacial score (nSPS) is 45.0. The van der Waals surface area contributed by atoms with E-state index in [9.17, 15) is 4.79 Å². The van der Waals surface area contributed by atoms with Crippen LogP contribution in [-0.4, -0.2) is 12.3 Å². The van der Waals surface area contributed by atoms with E-state index in [-0.39, 0.29) is 5.41 Å². The zero-order valence-electron chi connectivity index (χ0n) is 16.3. The van der Waals surface area contributed by atoms with Gasteiger partial charge in [0.1, 0.15) is 0 Å². The molecular weight excluding hydrogens is 322 g/mol. The van der Waals surface area contributed by atoms with E-state index in [4.69, 9.17) is 5.53 Å². The first-order valence-electron chi connectivity index (χ1n) is 10.3. The monoisotopic (exact) mass is 353 g/mol. The molecule has 0 aromatic heterocycles. The number of carbonyl (C=O) groups excluding carboxylic acids is 1. The third-order valence-corrected chi connectivity index (χ3v) is 8.71. The maximum absolute atomic E-state index is 11.9. The van der Waals surface area contributed by atoms with E-state index in [1.165, 1.54) is 31.3 Å². The molecule has 0 N–H and O–H groups in total. The van der Waals surface area contributed by atoms with E-state index >= 15 is 0 Å². The molecule has 4 nitrogen and oxygen atoms in total. The van der Waals surface area contributed by atoms with Gasteiger partial charge in [0.05, 0.1) is 0 Å². The van der Waals surface area contributed by atoms with Crippen LogP contribution in [0.5, 0.6) is 0 Å². The number of nitrogens with zero attached hydrogens (tertiary/aromatic N) is 3. The molecule has 4 rings (SSSR count). The van der Waals surface area contributed by atoms with Crippen molar-refractivity contribution in [3.05, 3.63) is 34.2 Å². The maximum atomic E-state index is 11.9. The SMILES string of the molecule is C[C@H](CN=[N+]=[N-])[C@H]1CC[C@H]2[C@@H]3C=CC4=CC(=O)CC[C@]4(C)[C@H]3CC[C@]12C. The number of ketones is 1. The molecule has 140 valence electrons. The summed E-state index contributed by atoms with van der Waals surface area (Å²) in [5, 5.41) is 3.87. The van der Waals surface area contributed by atoms with Gasteiger partial charge in [-0.2, -0.15) is 0 Å². The molecule has 0 unspecified atom stereocenters. The second-order valence-electron chi connectivity index (χ2n) is 9.75. The molecule has 7 atom stereocenters. The van der Waals surface area contributed by atoms with E-state index < -0.39 is 0 Å². The topological polar surface area (TPSA) is 65.8 Å². The van der Waals surface area contributed by atoms with Crippen LogP contribution in [-0.2, 0) is 4.79 Å². The molecule has 0 spiro atoms. The molecule has 0 heterocycles. The number of azide groups is 1. The number of rotatable bonds is 3. The highest BCUT2D eigenvalue weighted by Crippen LogP contribution is 2.66. The predicted octanol–water partition coefficient (Wildman–Crippen LogP) is 5.86. The van der Waals surface area contributed by atoms with Gasteiger partial charge in [0.25, 0.3) is 0 Å². The van der Waals surface area contributed by atoms with Crippen molar-refractivity contribution < 1.29 is 4.79 Å². The van der Waals surface area contributed by atoms with E-state index in [0.717, 1.165) is 12.3 Å². The number of hydrogen-bond donors (Lipinski definition) is 0. The van der Waals surface area contributed by atoms with Crippen LogP contribution in [0, 0.1) is 40.4 Å². The van der Waals surface area contributed by atoms with Crippen molar-refractivity contribution in [3.63, 3.8) is 0 Å².